The first kappa shape index (κ1) is 93.5. The van der Waals surface area contributed by atoms with Gasteiger partial charge in [0.2, 0.25) is 6.29 Å². The predicted octanol–water partition coefficient (Wildman–Crippen LogP) is -4.05. The summed E-state index contributed by atoms with van der Waals surface area (Å²) in [7, 11) is 0. The van der Waals surface area contributed by atoms with Crippen LogP contribution in [-0.2, 0) is 94.9 Å². The van der Waals surface area contributed by atoms with Gasteiger partial charge < -0.3 is 178 Å². The number of ether oxygens (including phenoxy) is 17. The Kier molecular flexibility index (Phi) is 27.9. The fraction of sp³-hybridized carbons (Fsp3) is 0.938. The fourth-order valence-electron chi connectivity index (χ4n) is 22.0. The Labute approximate surface area is 688 Å². The van der Waals surface area contributed by atoms with Crippen LogP contribution >= 0.6 is 0 Å². The van der Waals surface area contributed by atoms with Gasteiger partial charge in [0.1, 0.15) is 134 Å². The van der Waals surface area contributed by atoms with Crippen molar-refractivity contribution < 1.29 is 192 Å². The third-order valence-corrected chi connectivity index (χ3v) is 29.9. The number of esters is 2. The molecule has 682 valence electrons. The van der Waals surface area contributed by atoms with Crippen molar-refractivity contribution in [1.82, 2.24) is 0 Å². The molecule has 8 aliphatic heterocycles. The van der Waals surface area contributed by atoms with E-state index in [4.69, 9.17) is 80.5 Å². The Balaban J connectivity index is 0.784. The monoisotopic (exact) mass is 1710 g/mol. The second-order valence-electron chi connectivity index (χ2n) is 38.0. The number of allylic oxidation sites excluding steroid dienone is 2. The molecule has 4 saturated carbocycles. The second-order valence-corrected chi connectivity index (χ2v) is 38.0. The van der Waals surface area contributed by atoms with Crippen LogP contribution in [0.15, 0.2) is 11.6 Å². The Hall–Kier alpha value is -3.17. The number of aliphatic carboxylic acids is 1. The third kappa shape index (κ3) is 16.8. The molecular weight excluding hydrogens is 1580 g/mol. The van der Waals surface area contributed by atoms with Crippen LogP contribution in [0.4, 0.5) is 0 Å². The molecule has 0 amide bonds. The van der Waals surface area contributed by atoms with E-state index in [0.29, 0.717) is 70.6 Å². The number of hydrogen-bond donors (Lipinski definition) is 19. The second kappa shape index (κ2) is 35.5. The average molecular weight is 1710 g/mol. The van der Waals surface area contributed by atoms with Crippen LogP contribution in [0.3, 0.4) is 0 Å². The number of rotatable bonds is 22. The maximum atomic E-state index is 16.5. The van der Waals surface area contributed by atoms with E-state index in [2.05, 4.69) is 40.7 Å². The van der Waals surface area contributed by atoms with E-state index in [1.165, 1.54) is 20.8 Å². The largest absolute Gasteiger partial charge is 0.479 e. The molecule has 39 heteroatoms. The minimum atomic E-state index is -2.16. The third-order valence-electron chi connectivity index (χ3n) is 29.9. The zero-order valence-corrected chi connectivity index (χ0v) is 69.1. The first-order valence-corrected chi connectivity index (χ1v) is 42.0. The lowest BCUT2D eigenvalue weighted by atomic mass is 9.33. The Morgan fingerprint density at radius 1 is 0.496 bits per heavy atom. The van der Waals surface area contributed by atoms with Crippen LogP contribution in [-0.4, -0.2) is 375 Å². The topological polar surface area (TPSA) is 592 Å². The van der Waals surface area contributed by atoms with E-state index >= 15 is 4.79 Å². The highest BCUT2D eigenvalue weighted by Gasteiger charge is 2.72. The van der Waals surface area contributed by atoms with Gasteiger partial charge in [-0.25, -0.2) is 4.79 Å². The molecule has 17 unspecified atom stereocenters. The molecule has 0 aromatic rings. The SMILES string of the molecule is CC[C@H](C)C(=O)O[C@@H]1C(C)O[C@@H](OC(=O)[C@]23CCC(C)(C)CC2C2=CCC4[C@@]5(C)CC[C@H](O[C@@H]6OC(C(=O)O)[C@H](O)[C@H](O[C@@H]7OC[C@@H](O)[C@H](O)C7O)C6O[C@@H]6OC(CO)[C@H](O)[C@H](O)C6O)C(C)(C)C5CC[C@@]4(C)[C@]2(C)CC3)[C@H](O[C@@H]2OC(C)[C@H](OC3OCC(O)[C@H](O[C@@H]4OCC(O)(CO)[C@@H]4O)[C@@H]3O)[C@H](O)C2O)C1O[C@@H]1OC(C)[C@@H](O)[C@H](O)C1O. The van der Waals surface area contributed by atoms with Crippen molar-refractivity contribution in [2.75, 3.05) is 33.0 Å². The van der Waals surface area contributed by atoms with Gasteiger partial charge in [-0.05, 0) is 136 Å². The van der Waals surface area contributed by atoms with Gasteiger partial charge in [-0.1, -0.05) is 74.0 Å². The van der Waals surface area contributed by atoms with Gasteiger partial charge in [-0.15, -0.1) is 0 Å². The molecule has 12 fully saturated rings. The molecule has 119 heavy (non-hydrogen) atoms. The van der Waals surface area contributed by atoms with Crippen LogP contribution in [0.25, 0.3) is 0 Å². The van der Waals surface area contributed by atoms with Gasteiger partial charge in [-0.3, -0.25) is 9.59 Å². The molecular formula is C80H128O39. The zero-order chi connectivity index (χ0) is 86.9. The first-order chi connectivity index (χ1) is 55.8. The van der Waals surface area contributed by atoms with E-state index in [9.17, 15) is 107 Å². The molecule has 0 radical (unpaired) electrons. The van der Waals surface area contributed by atoms with Crippen molar-refractivity contribution in [3.63, 3.8) is 0 Å². The molecule has 0 aromatic carbocycles. The number of carbonyl (C=O) groups is 3. The minimum Gasteiger partial charge on any atom is -0.479 e. The predicted molar refractivity (Wildman–Crippen MR) is 395 cm³/mol. The van der Waals surface area contributed by atoms with E-state index in [1.54, 1.807) is 13.8 Å². The van der Waals surface area contributed by atoms with Crippen molar-refractivity contribution in [1.29, 1.82) is 0 Å². The summed E-state index contributed by atoms with van der Waals surface area (Å²) in [5.41, 5.74) is -4.92. The standard InChI is InChI=1S/C80H128O39/c1-13-30(2)64(100)111-55-33(5)108-70(61(59(55)116-67-49(92)45(88)42(85)31(3)106-67)118-68-51(94)47(90)54(32(4)107-68)112-66-53(96)56(37(84)27-104-66)113-72-62(97)80(102,28-82)29-105-72)119-73(101)79-22-20-74(6,7)24-35(79)34-14-15-40-76(10)18-17-41(75(8,9)39(76)16-19-78(40,12)77(34,11)21-23-79)110-71-60(117-69-50(93)46(89)44(87)38(25-81)109-69)57(52(95)58(115-71)63(98)99)114-65-48(91)43(86)36(83)26-103-65/h14,30-33,35-62,65-72,81-97,102H,13,15-29H2,1-12H3,(H,98,99)/t30-,31?,32?,33?,35?,36+,37?,38?,39?,40?,41-,42+,43-,44-,45-,46-,47+,48?,49?,50?,51?,52+,53-,54-,55+,56-,57-,58?,59?,60?,61+,62+,65-,66?,67-,68-,69-,70-,71+,72-,76-,77+,78+,79-,80?/m0/s1. The molecule has 0 spiro atoms. The van der Waals surface area contributed by atoms with Gasteiger partial charge in [0, 0.05) is 0 Å². The van der Waals surface area contributed by atoms with Crippen molar-refractivity contribution in [2.45, 2.75) is 381 Å². The lowest BCUT2D eigenvalue weighted by molar-refractivity contribution is -0.392. The summed E-state index contributed by atoms with van der Waals surface area (Å²) in [6.45, 7) is 19.6. The maximum absolute atomic E-state index is 16.5. The van der Waals surface area contributed by atoms with Gasteiger partial charge in [0.05, 0.1) is 68.8 Å². The summed E-state index contributed by atoms with van der Waals surface area (Å²) < 4.78 is 105. The van der Waals surface area contributed by atoms with Crippen molar-refractivity contribution in [3.05, 3.63) is 11.6 Å². The average Bonchev–Trinajstić information content (AvgIpc) is 1.01. The number of aliphatic hydroxyl groups excluding tert-OH is 17. The molecule has 8 heterocycles. The first-order valence-electron chi connectivity index (χ1n) is 42.0. The summed E-state index contributed by atoms with van der Waals surface area (Å²) >= 11 is 0. The summed E-state index contributed by atoms with van der Waals surface area (Å²) in [5.74, 6) is -4.43. The van der Waals surface area contributed by atoms with E-state index in [1.807, 2.05) is 13.8 Å². The Bertz CT molecular complexity index is 3520. The number of carboxylic acid groups (broad SMARTS) is 1. The van der Waals surface area contributed by atoms with Gasteiger partial charge in [-0.2, -0.15) is 0 Å². The number of aliphatic hydroxyl groups is 18. The normalized spacial score (nSPS) is 52.6. The Morgan fingerprint density at radius 3 is 1.69 bits per heavy atom. The molecule has 45 atom stereocenters. The summed E-state index contributed by atoms with van der Waals surface area (Å²) in [4.78, 5) is 43.7. The highest BCUT2D eigenvalue weighted by molar-refractivity contribution is 5.79. The molecule has 0 bridgehead atoms. The summed E-state index contributed by atoms with van der Waals surface area (Å²) in [6.07, 6.45) is -55.6. The molecule has 13 aliphatic rings. The lowest BCUT2D eigenvalue weighted by Crippen LogP contribution is -2.68. The molecule has 8 saturated heterocycles. The highest BCUT2D eigenvalue weighted by Crippen LogP contribution is 2.76. The van der Waals surface area contributed by atoms with Crippen molar-refractivity contribution in [2.24, 2.45) is 56.2 Å². The number of fused-ring (bicyclic) bond motifs is 7. The molecule has 13 rings (SSSR count). The number of hydrogen-bond acceptors (Lipinski definition) is 38. The lowest BCUT2D eigenvalue weighted by Gasteiger charge is -2.71. The highest BCUT2D eigenvalue weighted by atomic mass is 16.8. The van der Waals surface area contributed by atoms with Crippen LogP contribution in [0.5, 0.6) is 0 Å². The van der Waals surface area contributed by atoms with E-state index in [0.717, 1.165) is 5.57 Å². The van der Waals surface area contributed by atoms with E-state index in [-0.39, 0.29) is 17.3 Å². The molecule has 5 aliphatic carbocycles. The fourth-order valence-corrected chi connectivity index (χ4v) is 22.0. The maximum Gasteiger partial charge on any atom is 0.335 e. The van der Waals surface area contributed by atoms with Crippen LogP contribution in [0.1, 0.15) is 154 Å². The van der Waals surface area contributed by atoms with Gasteiger partial charge in [0.15, 0.2) is 62.3 Å². The van der Waals surface area contributed by atoms with Crippen LogP contribution < -0.4 is 0 Å². The van der Waals surface area contributed by atoms with Gasteiger partial charge >= 0.3 is 17.9 Å². The van der Waals surface area contributed by atoms with Crippen molar-refractivity contribution >= 4 is 17.9 Å². The minimum absolute atomic E-state index is 0.0138. The summed E-state index contributed by atoms with van der Waals surface area (Å²) in [6, 6.07) is 0. The van der Waals surface area contributed by atoms with Gasteiger partial charge in [0.25, 0.3) is 0 Å². The van der Waals surface area contributed by atoms with Crippen LogP contribution in [0.2, 0.25) is 0 Å². The molecule has 0 aromatic heterocycles. The number of carboxylic acids is 1. The van der Waals surface area contributed by atoms with Crippen LogP contribution in [0, 0.1) is 56.2 Å². The zero-order valence-electron chi connectivity index (χ0n) is 69.1. The Morgan fingerprint density at radius 2 is 1.05 bits per heavy atom. The molecule has 19 N–H and O–H groups in total. The summed E-state index contributed by atoms with van der Waals surface area (Å²) in [5, 5.41) is 210. The molecule has 39 nitrogen and oxygen atoms in total. The quantitative estimate of drug-likeness (QED) is 0.0279. The number of carbonyl (C=O) groups excluding carboxylic acids is 2. The smallest absolute Gasteiger partial charge is 0.335 e. The van der Waals surface area contributed by atoms with E-state index < -0.39 is 317 Å². The van der Waals surface area contributed by atoms with Crippen molar-refractivity contribution in [3.8, 4) is 0 Å².